The predicted molar refractivity (Wildman–Crippen MR) is 64.0 cm³/mol. The molecule has 17 heavy (non-hydrogen) atoms. The molecule has 0 amide bonds. The van der Waals surface area contributed by atoms with Gasteiger partial charge in [0.25, 0.3) is 0 Å². The third kappa shape index (κ3) is 3.93. The molecule has 0 aliphatic carbocycles. The van der Waals surface area contributed by atoms with E-state index < -0.39 is 21.4 Å². The molecule has 1 heterocycles. The maximum Gasteiger partial charge on any atom is 0.309 e. The van der Waals surface area contributed by atoms with Gasteiger partial charge in [0.05, 0.1) is 11.2 Å². The van der Waals surface area contributed by atoms with E-state index in [0.29, 0.717) is 38.9 Å². The fourth-order valence-corrected chi connectivity index (χ4v) is 2.69. The molecule has 0 atom stereocenters. The predicted octanol–water partition coefficient (Wildman–Crippen LogP) is -0.148. The lowest BCUT2D eigenvalue weighted by molar-refractivity contribution is -0.152. The van der Waals surface area contributed by atoms with Crippen molar-refractivity contribution in [1.82, 2.24) is 4.90 Å². The number of hydrogen-bond donors (Lipinski definition) is 2. The number of carboxylic acid groups (broad SMARTS) is 1. The molecule has 1 saturated heterocycles. The molecule has 0 aromatic carbocycles. The Bertz CT molecular complexity index is 372. The van der Waals surface area contributed by atoms with Crippen molar-refractivity contribution in [3.05, 3.63) is 0 Å². The SMILES string of the molecule is CCC1(C(=O)O)CCN(CCS(N)(=O)=O)CC1. The summed E-state index contributed by atoms with van der Waals surface area (Å²) in [7, 11) is -3.43. The van der Waals surface area contributed by atoms with Crippen LogP contribution in [-0.4, -0.2) is 49.8 Å². The highest BCUT2D eigenvalue weighted by Crippen LogP contribution is 2.34. The van der Waals surface area contributed by atoms with E-state index in [1.165, 1.54) is 0 Å². The molecule has 1 fully saturated rings. The summed E-state index contributed by atoms with van der Waals surface area (Å²) < 4.78 is 21.6. The average Bonchev–Trinajstić information content (AvgIpc) is 2.26. The maximum atomic E-state index is 11.2. The van der Waals surface area contributed by atoms with Gasteiger partial charge in [-0.25, -0.2) is 13.6 Å². The Morgan fingerprint density at radius 1 is 1.41 bits per heavy atom. The Morgan fingerprint density at radius 2 is 1.94 bits per heavy atom. The molecule has 0 bridgehead atoms. The molecular weight excluding hydrogens is 244 g/mol. The lowest BCUT2D eigenvalue weighted by Gasteiger charge is -2.38. The number of nitrogens with zero attached hydrogens (tertiary/aromatic N) is 1. The highest BCUT2D eigenvalue weighted by Gasteiger charge is 2.39. The topological polar surface area (TPSA) is 101 Å². The van der Waals surface area contributed by atoms with E-state index in [4.69, 9.17) is 5.14 Å². The van der Waals surface area contributed by atoms with Crippen molar-refractivity contribution in [3.63, 3.8) is 0 Å². The number of piperidine rings is 1. The Kier molecular flexibility index (Phi) is 4.51. The van der Waals surface area contributed by atoms with Crippen LogP contribution in [0.3, 0.4) is 0 Å². The Hall–Kier alpha value is -0.660. The maximum absolute atomic E-state index is 11.2. The molecule has 0 aromatic rings. The molecule has 1 aliphatic rings. The third-order valence-electron chi connectivity index (χ3n) is 3.64. The number of hydrogen-bond acceptors (Lipinski definition) is 4. The number of carboxylic acids is 1. The van der Waals surface area contributed by atoms with Gasteiger partial charge in [-0.3, -0.25) is 4.79 Å². The van der Waals surface area contributed by atoms with E-state index in [1.807, 2.05) is 11.8 Å². The normalized spacial score (nSPS) is 21.3. The quantitative estimate of drug-likeness (QED) is 0.719. The van der Waals surface area contributed by atoms with Crippen LogP contribution in [0.5, 0.6) is 0 Å². The van der Waals surface area contributed by atoms with Crippen LogP contribution in [0.1, 0.15) is 26.2 Å². The number of sulfonamides is 1. The molecule has 6 nitrogen and oxygen atoms in total. The van der Waals surface area contributed by atoms with Crippen molar-refractivity contribution in [2.24, 2.45) is 10.6 Å². The second-order valence-electron chi connectivity index (χ2n) is 4.65. The van der Waals surface area contributed by atoms with Crippen LogP contribution in [0.4, 0.5) is 0 Å². The molecule has 1 rings (SSSR count). The number of aliphatic carboxylic acids is 1. The van der Waals surface area contributed by atoms with E-state index >= 15 is 0 Å². The van der Waals surface area contributed by atoms with Gasteiger partial charge < -0.3 is 10.0 Å². The minimum atomic E-state index is -3.43. The van der Waals surface area contributed by atoms with Gasteiger partial charge in [0.1, 0.15) is 0 Å². The zero-order chi connectivity index (χ0) is 13.1. The van der Waals surface area contributed by atoms with Crippen LogP contribution < -0.4 is 5.14 Å². The van der Waals surface area contributed by atoms with Crippen LogP contribution in [0.25, 0.3) is 0 Å². The Morgan fingerprint density at radius 3 is 2.29 bits per heavy atom. The molecule has 3 N–H and O–H groups in total. The summed E-state index contributed by atoms with van der Waals surface area (Å²) in [5, 5.41) is 14.1. The van der Waals surface area contributed by atoms with Gasteiger partial charge in [-0.05, 0) is 32.4 Å². The molecule has 0 saturated carbocycles. The first-order valence-electron chi connectivity index (χ1n) is 5.75. The molecule has 100 valence electrons. The van der Waals surface area contributed by atoms with Crippen molar-refractivity contribution in [1.29, 1.82) is 0 Å². The summed E-state index contributed by atoms with van der Waals surface area (Å²) >= 11 is 0. The number of rotatable bonds is 5. The zero-order valence-electron chi connectivity index (χ0n) is 10.1. The molecule has 0 aromatic heterocycles. The minimum absolute atomic E-state index is 0.0702. The molecule has 1 aliphatic heterocycles. The van der Waals surface area contributed by atoms with E-state index in [9.17, 15) is 18.3 Å². The number of primary sulfonamides is 1. The second kappa shape index (κ2) is 5.32. The molecule has 0 radical (unpaired) electrons. The highest BCUT2D eigenvalue weighted by molar-refractivity contribution is 7.89. The first kappa shape index (κ1) is 14.4. The number of likely N-dealkylation sites (tertiary alicyclic amines) is 1. The standard InChI is InChI=1S/C10H20N2O4S/c1-2-10(9(13)14)3-5-12(6-4-10)7-8-17(11,15)16/h2-8H2,1H3,(H,13,14)(H2,11,15,16). The van der Waals surface area contributed by atoms with Gasteiger partial charge in [-0.2, -0.15) is 0 Å². The van der Waals surface area contributed by atoms with Crippen LogP contribution in [0, 0.1) is 5.41 Å². The molecule has 7 heteroatoms. The first-order chi connectivity index (χ1) is 7.79. The number of nitrogens with two attached hydrogens (primary N) is 1. The van der Waals surface area contributed by atoms with Crippen molar-refractivity contribution < 1.29 is 18.3 Å². The first-order valence-corrected chi connectivity index (χ1v) is 7.47. The lowest BCUT2D eigenvalue weighted by Crippen LogP contribution is -2.45. The highest BCUT2D eigenvalue weighted by atomic mass is 32.2. The monoisotopic (exact) mass is 264 g/mol. The third-order valence-corrected chi connectivity index (χ3v) is 4.39. The molecular formula is C10H20N2O4S. The summed E-state index contributed by atoms with van der Waals surface area (Å²) in [6, 6.07) is 0. The Balaban J connectivity index is 2.48. The van der Waals surface area contributed by atoms with Crippen LogP contribution in [0.15, 0.2) is 0 Å². The Labute approximate surface area is 102 Å². The van der Waals surface area contributed by atoms with Crippen molar-refractivity contribution in [2.75, 3.05) is 25.4 Å². The van der Waals surface area contributed by atoms with Gasteiger partial charge in [-0.1, -0.05) is 6.92 Å². The van der Waals surface area contributed by atoms with Gasteiger partial charge in [0, 0.05) is 6.54 Å². The van der Waals surface area contributed by atoms with E-state index in [-0.39, 0.29) is 5.75 Å². The van der Waals surface area contributed by atoms with Crippen molar-refractivity contribution >= 4 is 16.0 Å². The van der Waals surface area contributed by atoms with Gasteiger partial charge in [0.15, 0.2) is 0 Å². The average molecular weight is 264 g/mol. The summed E-state index contributed by atoms with van der Waals surface area (Å²) in [6.07, 6.45) is 1.76. The second-order valence-corrected chi connectivity index (χ2v) is 6.38. The van der Waals surface area contributed by atoms with Gasteiger partial charge in [-0.15, -0.1) is 0 Å². The summed E-state index contributed by atoms with van der Waals surface area (Å²) in [4.78, 5) is 13.2. The van der Waals surface area contributed by atoms with Gasteiger partial charge >= 0.3 is 5.97 Å². The largest absolute Gasteiger partial charge is 0.481 e. The van der Waals surface area contributed by atoms with E-state index in [1.54, 1.807) is 0 Å². The van der Waals surface area contributed by atoms with Crippen LogP contribution >= 0.6 is 0 Å². The minimum Gasteiger partial charge on any atom is -0.481 e. The molecule has 0 spiro atoms. The van der Waals surface area contributed by atoms with Crippen molar-refractivity contribution in [3.8, 4) is 0 Å². The van der Waals surface area contributed by atoms with Crippen molar-refractivity contribution in [2.45, 2.75) is 26.2 Å². The molecule has 0 unspecified atom stereocenters. The van der Waals surface area contributed by atoms with Gasteiger partial charge in [0.2, 0.25) is 10.0 Å². The van der Waals surface area contributed by atoms with E-state index in [2.05, 4.69) is 0 Å². The fourth-order valence-electron chi connectivity index (χ4n) is 2.18. The summed E-state index contributed by atoms with van der Waals surface area (Å²) in [6.45, 7) is 3.51. The van der Waals surface area contributed by atoms with E-state index in [0.717, 1.165) is 0 Å². The summed E-state index contributed by atoms with van der Waals surface area (Å²) in [5.74, 6) is -0.815. The number of carbonyl (C=O) groups is 1. The van der Waals surface area contributed by atoms with Crippen LogP contribution in [-0.2, 0) is 14.8 Å². The smallest absolute Gasteiger partial charge is 0.309 e. The zero-order valence-corrected chi connectivity index (χ0v) is 10.9. The lowest BCUT2D eigenvalue weighted by atomic mass is 9.76. The van der Waals surface area contributed by atoms with Crippen LogP contribution in [0.2, 0.25) is 0 Å². The fraction of sp³-hybridized carbons (Fsp3) is 0.900. The summed E-state index contributed by atoms with van der Waals surface area (Å²) in [5.41, 5.74) is -0.627.